The second-order valence-corrected chi connectivity index (χ2v) is 7.70. The maximum atomic E-state index is 13.4. The van der Waals surface area contributed by atoms with Crippen molar-refractivity contribution in [3.05, 3.63) is 65.4 Å². The van der Waals surface area contributed by atoms with Gasteiger partial charge in [-0.3, -0.25) is 4.79 Å². The van der Waals surface area contributed by atoms with Gasteiger partial charge in [0.25, 0.3) is 0 Å². The number of halogens is 1. The maximum absolute atomic E-state index is 13.4. The molecule has 1 aliphatic heterocycles. The van der Waals surface area contributed by atoms with Crippen LogP contribution in [0.5, 0.6) is 0 Å². The summed E-state index contributed by atoms with van der Waals surface area (Å²) in [6.45, 7) is 1.03. The molecule has 7 nitrogen and oxygen atoms in total. The second-order valence-electron chi connectivity index (χ2n) is 7.29. The van der Waals surface area contributed by atoms with Crippen molar-refractivity contribution in [3.63, 3.8) is 0 Å². The van der Waals surface area contributed by atoms with Crippen LogP contribution in [0.15, 0.2) is 54.9 Å². The average molecular weight is 424 g/mol. The number of nitrogens with two attached hydrogens (primary N) is 2. The number of benzene rings is 2. The first-order valence-corrected chi connectivity index (χ1v) is 9.98. The van der Waals surface area contributed by atoms with E-state index in [1.165, 1.54) is 0 Å². The van der Waals surface area contributed by atoms with Crippen molar-refractivity contribution in [1.29, 1.82) is 0 Å². The van der Waals surface area contributed by atoms with Crippen LogP contribution in [0.4, 0.5) is 17.3 Å². The fourth-order valence-electron chi connectivity index (χ4n) is 3.69. The Kier molecular flexibility index (Phi) is 5.57. The van der Waals surface area contributed by atoms with Gasteiger partial charge in [0, 0.05) is 36.9 Å². The van der Waals surface area contributed by atoms with Crippen molar-refractivity contribution >= 4 is 34.8 Å². The van der Waals surface area contributed by atoms with Crippen LogP contribution >= 0.6 is 11.6 Å². The summed E-state index contributed by atoms with van der Waals surface area (Å²) in [4.78, 5) is 21.5. The van der Waals surface area contributed by atoms with Crippen LogP contribution in [0.1, 0.15) is 18.4 Å². The van der Waals surface area contributed by atoms with Crippen LogP contribution in [0.25, 0.3) is 11.1 Å². The molecule has 3 aromatic rings. The Balaban J connectivity index is 1.63. The first kappa shape index (κ1) is 20.1. The van der Waals surface area contributed by atoms with Crippen LogP contribution in [0, 0.1) is 0 Å². The number of anilines is 3. The lowest BCUT2D eigenvalue weighted by atomic mass is 9.73. The van der Waals surface area contributed by atoms with E-state index >= 15 is 0 Å². The van der Waals surface area contributed by atoms with Crippen LogP contribution in [-0.4, -0.2) is 29.1 Å². The molecule has 30 heavy (non-hydrogen) atoms. The smallest absolute Gasteiger partial charge is 0.235 e. The van der Waals surface area contributed by atoms with Crippen molar-refractivity contribution in [3.8, 4) is 11.1 Å². The summed E-state index contributed by atoms with van der Waals surface area (Å²) in [6.07, 6.45) is 4.54. The summed E-state index contributed by atoms with van der Waals surface area (Å²) in [6, 6.07) is 13.0. The molecule has 154 valence electrons. The van der Waals surface area contributed by atoms with Gasteiger partial charge >= 0.3 is 0 Å². The molecule has 5 N–H and O–H groups in total. The third-order valence-electron chi connectivity index (χ3n) is 5.48. The van der Waals surface area contributed by atoms with E-state index in [2.05, 4.69) is 15.3 Å². The summed E-state index contributed by atoms with van der Waals surface area (Å²) in [7, 11) is 0. The minimum atomic E-state index is -0.692. The molecule has 0 aliphatic carbocycles. The molecule has 0 spiro atoms. The van der Waals surface area contributed by atoms with E-state index in [0.717, 1.165) is 16.7 Å². The maximum Gasteiger partial charge on any atom is 0.235 e. The van der Waals surface area contributed by atoms with Gasteiger partial charge in [-0.25, -0.2) is 9.97 Å². The minimum absolute atomic E-state index is 0.0878. The molecule has 1 saturated heterocycles. The van der Waals surface area contributed by atoms with Gasteiger partial charge in [0.15, 0.2) is 0 Å². The quantitative estimate of drug-likeness (QED) is 0.551. The van der Waals surface area contributed by atoms with Gasteiger partial charge in [0.1, 0.15) is 0 Å². The number of nitrogen functional groups attached to an aromatic ring is 2. The molecule has 0 unspecified atom stereocenters. The van der Waals surface area contributed by atoms with Crippen molar-refractivity contribution in [2.45, 2.75) is 18.3 Å². The van der Waals surface area contributed by atoms with Gasteiger partial charge in [0.2, 0.25) is 11.9 Å². The fourth-order valence-corrected chi connectivity index (χ4v) is 3.87. The van der Waals surface area contributed by atoms with E-state index in [1.54, 1.807) is 30.6 Å². The lowest BCUT2D eigenvalue weighted by molar-refractivity contribution is -0.125. The Morgan fingerprint density at radius 1 is 1.00 bits per heavy atom. The number of carbonyl (C=O) groups excluding carboxylic acids is 1. The molecule has 2 heterocycles. The molecule has 0 radical (unpaired) electrons. The molecule has 1 aromatic heterocycles. The van der Waals surface area contributed by atoms with Crippen LogP contribution in [0.3, 0.4) is 0 Å². The summed E-state index contributed by atoms with van der Waals surface area (Å²) in [5.41, 5.74) is 14.5. The molecule has 1 aliphatic rings. The highest BCUT2D eigenvalue weighted by Crippen LogP contribution is 2.37. The van der Waals surface area contributed by atoms with Crippen LogP contribution < -0.4 is 16.8 Å². The van der Waals surface area contributed by atoms with Crippen LogP contribution in [0.2, 0.25) is 5.02 Å². The SMILES string of the molecule is Nc1ncc(-c2ccc(C3(C(=O)Nc4ccc(N)c(Cl)c4)CCOCC3)cc2)cn1. The molecular weight excluding hydrogens is 402 g/mol. The fraction of sp³-hybridized carbons (Fsp3) is 0.227. The number of ether oxygens (including phenoxy) is 1. The van der Waals surface area contributed by atoms with E-state index in [0.29, 0.717) is 42.5 Å². The van der Waals surface area contributed by atoms with Gasteiger partial charge in [-0.15, -0.1) is 0 Å². The highest BCUT2D eigenvalue weighted by molar-refractivity contribution is 6.33. The third kappa shape index (κ3) is 3.94. The Hall–Kier alpha value is -3.16. The van der Waals surface area contributed by atoms with E-state index in [-0.39, 0.29) is 11.9 Å². The number of amides is 1. The van der Waals surface area contributed by atoms with Crippen molar-refractivity contribution in [1.82, 2.24) is 9.97 Å². The zero-order valence-corrected chi connectivity index (χ0v) is 17.0. The minimum Gasteiger partial charge on any atom is -0.398 e. The monoisotopic (exact) mass is 423 g/mol. The number of hydrogen-bond acceptors (Lipinski definition) is 6. The second kappa shape index (κ2) is 8.30. The Labute approximate surface area is 179 Å². The Morgan fingerprint density at radius 2 is 1.67 bits per heavy atom. The summed E-state index contributed by atoms with van der Waals surface area (Å²) < 4.78 is 5.54. The van der Waals surface area contributed by atoms with Crippen LogP contribution in [-0.2, 0) is 14.9 Å². The predicted octanol–water partition coefficient (Wildman–Crippen LogP) is 3.65. The molecular formula is C22H22ClN5O2. The van der Waals surface area contributed by atoms with Crippen molar-refractivity contribution < 1.29 is 9.53 Å². The largest absolute Gasteiger partial charge is 0.398 e. The highest BCUT2D eigenvalue weighted by Gasteiger charge is 2.41. The average Bonchev–Trinajstić information content (AvgIpc) is 2.77. The van der Waals surface area contributed by atoms with E-state index < -0.39 is 5.41 Å². The highest BCUT2D eigenvalue weighted by atomic mass is 35.5. The zero-order chi connectivity index (χ0) is 21.1. The van der Waals surface area contributed by atoms with E-state index in [9.17, 15) is 4.79 Å². The standard InChI is InChI=1S/C22H22ClN5O2/c23-18-11-17(5-6-19(18)24)28-20(29)22(7-9-30-10-8-22)16-3-1-14(2-4-16)15-12-26-21(25)27-13-15/h1-6,11-13H,7-10,24H2,(H,28,29)(H2,25,26,27). The summed E-state index contributed by atoms with van der Waals surface area (Å²) >= 11 is 6.11. The number of rotatable bonds is 4. The number of hydrogen-bond donors (Lipinski definition) is 3. The van der Waals surface area contributed by atoms with Gasteiger partial charge in [-0.05, 0) is 42.2 Å². The first-order valence-electron chi connectivity index (χ1n) is 9.61. The zero-order valence-electron chi connectivity index (χ0n) is 16.3. The lowest BCUT2D eigenvalue weighted by Gasteiger charge is -2.36. The first-order chi connectivity index (χ1) is 14.5. The van der Waals surface area contributed by atoms with Crippen molar-refractivity contribution in [2.75, 3.05) is 30.0 Å². The lowest BCUT2D eigenvalue weighted by Crippen LogP contribution is -2.44. The third-order valence-corrected chi connectivity index (χ3v) is 5.81. The summed E-state index contributed by atoms with van der Waals surface area (Å²) in [5, 5.41) is 3.41. The molecule has 0 bridgehead atoms. The normalized spacial score (nSPS) is 15.5. The number of nitrogens with one attached hydrogen (secondary N) is 1. The Morgan fingerprint density at radius 3 is 2.30 bits per heavy atom. The molecule has 0 atom stereocenters. The number of nitrogens with zero attached hydrogens (tertiary/aromatic N) is 2. The van der Waals surface area contributed by atoms with Crippen molar-refractivity contribution in [2.24, 2.45) is 0 Å². The van der Waals surface area contributed by atoms with Gasteiger partial charge in [0.05, 0.1) is 16.1 Å². The Bertz CT molecular complexity index is 1050. The van der Waals surface area contributed by atoms with E-state index in [4.69, 9.17) is 27.8 Å². The summed E-state index contributed by atoms with van der Waals surface area (Å²) in [5.74, 6) is 0.145. The molecule has 4 rings (SSSR count). The van der Waals surface area contributed by atoms with Gasteiger partial charge in [-0.1, -0.05) is 35.9 Å². The molecule has 2 aromatic carbocycles. The molecule has 1 amide bonds. The number of carbonyl (C=O) groups is 1. The van der Waals surface area contributed by atoms with Gasteiger partial charge < -0.3 is 21.5 Å². The van der Waals surface area contributed by atoms with E-state index in [1.807, 2.05) is 24.3 Å². The predicted molar refractivity (Wildman–Crippen MR) is 118 cm³/mol. The topological polar surface area (TPSA) is 116 Å². The molecule has 0 saturated carbocycles. The number of aromatic nitrogens is 2. The van der Waals surface area contributed by atoms with Gasteiger partial charge in [-0.2, -0.15) is 0 Å². The molecule has 1 fully saturated rings. The molecule has 8 heteroatoms.